The van der Waals surface area contributed by atoms with Crippen molar-refractivity contribution in [3.63, 3.8) is 0 Å². The van der Waals surface area contributed by atoms with Crippen molar-refractivity contribution in [2.24, 2.45) is 0 Å². The van der Waals surface area contributed by atoms with Gasteiger partial charge in [-0.15, -0.1) is 0 Å². The molecule has 0 spiro atoms. The summed E-state index contributed by atoms with van der Waals surface area (Å²) in [5.74, 6) is 0.803. The van der Waals surface area contributed by atoms with Crippen LogP contribution in [0.25, 0.3) is 10.8 Å². The van der Waals surface area contributed by atoms with Crippen LogP contribution in [0.1, 0.15) is 6.92 Å². The van der Waals surface area contributed by atoms with Gasteiger partial charge in [0.05, 0.1) is 0 Å². The van der Waals surface area contributed by atoms with E-state index in [0.29, 0.717) is 11.5 Å². The SMILES string of the molecule is C=CC(=O)OCCOc1ccc2c(OC(C)O)cccc2c1. The predicted molar refractivity (Wildman–Crippen MR) is 82.9 cm³/mol. The molecule has 5 nitrogen and oxygen atoms in total. The summed E-state index contributed by atoms with van der Waals surface area (Å²) in [6.45, 7) is 5.29. The van der Waals surface area contributed by atoms with Crippen LogP contribution in [-0.4, -0.2) is 30.6 Å². The molecule has 2 rings (SSSR count). The Morgan fingerprint density at radius 2 is 2.14 bits per heavy atom. The fourth-order valence-corrected chi connectivity index (χ4v) is 1.97. The normalized spacial score (nSPS) is 11.7. The molecule has 0 aliphatic carbocycles. The number of fused-ring (bicyclic) bond motifs is 1. The first-order valence-corrected chi connectivity index (χ1v) is 6.89. The van der Waals surface area contributed by atoms with E-state index >= 15 is 0 Å². The second-order valence-corrected chi connectivity index (χ2v) is 4.58. The predicted octanol–water partition coefficient (Wildman–Crippen LogP) is 2.66. The van der Waals surface area contributed by atoms with Crippen molar-refractivity contribution >= 4 is 16.7 Å². The van der Waals surface area contributed by atoms with Gasteiger partial charge in [-0.25, -0.2) is 4.79 Å². The first kappa shape index (κ1) is 15.9. The number of carbonyl (C=O) groups excluding carboxylic acids is 1. The molecule has 0 aliphatic rings. The molecule has 0 fully saturated rings. The number of benzene rings is 2. The fourth-order valence-electron chi connectivity index (χ4n) is 1.97. The maximum Gasteiger partial charge on any atom is 0.330 e. The van der Waals surface area contributed by atoms with Gasteiger partial charge in [0, 0.05) is 11.5 Å². The second-order valence-electron chi connectivity index (χ2n) is 4.58. The number of hydrogen-bond acceptors (Lipinski definition) is 5. The highest BCUT2D eigenvalue weighted by molar-refractivity contribution is 5.89. The van der Waals surface area contributed by atoms with Crippen molar-refractivity contribution in [1.82, 2.24) is 0 Å². The molecular formula is C17H18O5. The summed E-state index contributed by atoms with van der Waals surface area (Å²) in [5.41, 5.74) is 0. The minimum atomic E-state index is -0.874. The lowest BCUT2D eigenvalue weighted by molar-refractivity contribution is -0.138. The molecule has 2 aromatic carbocycles. The summed E-state index contributed by atoms with van der Waals surface area (Å²) in [5, 5.41) is 11.1. The van der Waals surface area contributed by atoms with E-state index in [1.54, 1.807) is 19.1 Å². The average Bonchev–Trinajstić information content (AvgIpc) is 2.50. The summed E-state index contributed by atoms with van der Waals surface area (Å²) in [4.78, 5) is 10.9. The number of ether oxygens (including phenoxy) is 3. The molecule has 0 amide bonds. The molecule has 5 heteroatoms. The Balaban J connectivity index is 2.04. The molecule has 0 aromatic heterocycles. The van der Waals surface area contributed by atoms with Crippen LogP contribution >= 0.6 is 0 Å². The Morgan fingerprint density at radius 3 is 2.86 bits per heavy atom. The largest absolute Gasteiger partial charge is 0.490 e. The third-order valence-corrected chi connectivity index (χ3v) is 2.87. The zero-order valence-electron chi connectivity index (χ0n) is 12.3. The van der Waals surface area contributed by atoms with Gasteiger partial charge in [0.1, 0.15) is 24.7 Å². The number of carbonyl (C=O) groups is 1. The Hall–Kier alpha value is -2.53. The molecule has 0 saturated carbocycles. The monoisotopic (exact) mass is 302 g/mol. The number of rotatable bonds is 7. The van der Waals surface area contributed by atoms with Crippen LogP contribution in [0.2, 0.25) is 0 Å². The fraction of sp³-hybridized carbons (Fsp3) is 0.235. The highest BCUT2D eigenvalue weighted by Gasteiger charge is 2.06. The number of aliphatic hydroxyl groups is 1. The Bertz CT molecular complexity index is 663. The second kappa shape index (κ2) is 7.47. The van der Waals surface area contributed by atoms with Crippen LogP contribution in [0.15, 0.2) is 49.1 Å². The van der Waals surface area contributed by atoms with Gasteiger partial charge < -0.3 is 19.3 Å². The average molecular weight is 302 g/mol. The third kappa shape index (κ3) is 4.23. The van der Waals surface area contributed by atoms with E-state index in [9.17, 15) is 9.90 Å². The van der Waals surface area contributed by atoms with Crippen LogP contribution in [-0.2, 0) is 9.53 Å². The van der Waals surface area contributed by atoms with Gasteiger partial charge in [-0.1, -0.05) is 18.7 Å². The highest BCUT2D eigenvalue weighted by Crippen LogP contribution is 2.29. The van der Waals surface area contributed by atoms with Gasteiger partial charge in [-0.3, -0.25) is 0 Å². The lowest BCUT2D eigenvalue weighted by atomic mass is 10.1. The van der Waals surface area contributed by atoms with Crippen LogP contribution in [0.3, 0.4) is 0 Å². The summed E-state index contributed by atoms with van der Waals surface area (Å²) < 4.78 is 15.7. The van der Waals surface area contributed by atoms with Crippen molar-refractivity contribution in [1.29, 1.82) is 0 Å². The van der Waals surface area contributed by atoms with Gasteiger partial charge in [-0.2, -0.15) is 0 Å². The summed E-state index contributed by atoms with van der Waals surface area (Å²) in [6.07, 6.45) is 0.237. The van der Waals surface area contributed by atoms with Crippen molar-refractivity contribution in [3.8, 4) is 11.5 Å². The Kier molecular flexibility index (Phi) is 5.38. The van der Waals surface area contributed by atoms with Crippen LogP contribution in [0, 0.1) is 0 Å². The molecule has 0 aliphatic heterocycles. The maximum atomic E-state index is 10.9. The van der Waals surface area contributed by atoms with Crippen LogP contribution in [0.4, 0.5) is 0 Å². The molecular weight excluding hydrogens is 284 g/mol. The molecule has 0 heterocycles. The molecule has 0 saturated heterocycles. The van der Waals surface area contributed by atoms with E-state index in [4.69, 9.17) is 14.2 Å². The summed E-state index contributed by atoms with van der Waals surface area (Å²) in [6, 6.07) is 11.1. The summed E-state index contributed by atoms with van der Waals surface area (Å²) >= 11 is 0. The minimum absolute atomic E-state index is 0.161. The van der Waals surface area contributed by atoms with Crippen molar-refractivity contribution in [2.75, 3.05) is 13.2 Å². The maximum absolute atomic E-state index is 10.9. The van der Waals surface area contributed by atoms with Gasteiger partial charge in [0.15, 0.2) is 6.29 Å². The zero-order valence-corrected chi connectivity index (χ0v) is 12.3. The van der Waals surface area contributed by atoms with Gasteiger partial charge in [-0.05, 0) is 36.6 Å². The third-order valence-electron chi connectivity index (χ3n) is 2.87. The van der Waals surface area contributed by atoms with Crippen molar-refractivity contribution < 1.29 is 24.1 Å². The standard InChI is InChI=1S/C17H18O5/c1-3-17(19)21-10-9-20-14-7-8-15-13(11-14)5-4-6-16(15)22-12(2)18/h3-8,11-12,18H,1,9-10H2,2H3. The number of hydrogen-bond donors (Lipinski definition) is 1. The molecule has 1 N–H and O–H groups in total. The Morgan fingerprint density at radius 1 is 1.32 bits per heavy atom. The van der Waals surface area contributed by atoms with E-state index in [1.807, 2.05) is 24.3 Å². The topological polar surface area (TPSA) is 65.0 Å². The zero-order chi connectivity index (χ0) is 15.9. The highest BCUT2D eigenvalue weighted by atomic mass is 16.6. The van der Waals surface area contributed by atoms with Gasteiger partial charge in [0.2, 0.25) is 0 Å². The molecule has 0 bridgehead atoms. The molecule has 1 atom stereocenters. The van der Waals surface area contributed by atoms with Gasteiger partial charge >= 0.3 is 5.97 Å². The van der Waals surface area contributed by atoms with E-state index in [-0.39, 0.29) is 13.2 Å². The molecule has 116 valence electrons. The summed E-state index contributed by atoms with van der Waals surface area (Å²) in [7, 11) is 0. The van der Waals surface area contributed by atoms with Crippen molar-refractivity contribution in [3.05, 3.63) is 49.1 Å². The lowest BCUT2D eigenvalue weighted by Gasteiger charge is -2.12. The number of esters is 1. The smallest absolute Gasteiger partial charge is 0.330 e. The molecule has 22 heavy (non-hydrogen) atoms. The first-order chi connectivity index (χ1) is 10.6. The Labute approximate surface area is 128 Å². The first-order valence-electron chi connectivity index (χ1n) is 6.89. The molecule has 1 unspecified atom stereocenters. The lowest BCUT2D eigenvalue weighted by Crippen LogP contribution is -2.10. The quantitative estimate of drug-likeness (QED) is 0.369. The number of aliphatic hydroxyl groups excluding tert-OH is 1. The molecule has 0 radical (unpaired) electrons. The van der Waals surface area contributed by atoms with E-state index < -0.39 is 12.3 Å². The van der Waals surface area contributed by atoms with E-state index in [0.717, 1.165) is 16.8 Å². The van der Waals surface area contributed by atoms with E-state index in [1.165, 1.54) is 0 Å². The molecule has 2 aromatic rings. The van der Waals surface area contributed by atoms with Gasteiger partial charge in [0.25, 0.3) is 0 Å². The van der Waals surface area contributed by atoms with E-state index in [2.05, 4.69) is 6.58 Å². The van der Waals surface area contributed by atoms with Crippen LogP contribution in [0.5, 0.6) is 11.5 Å². The van der Waals surface area contributed by atoms with Crippen LogP contribution < -0.4 is 9.47 Å². The van der Waals surface area contributed by atoms with Crippen molar-refractivity contribution in [2.45, 2.75) is 13.2 Å². The minimum Gasteiger partial charge on any atom is -0.490 e.